The summed E-state index contributed by atoms with van der Waals surface area (Å²) < 4.78 is 16.9. The average Bonchev–Trinajstić information content (AvgIpc) is 3.34. The standard InChI is InChI=1S/C21H18O5.C15H24/c1-21(2,26-20(23)13-6-4-3-5-7-13)18-11-15-10-14-8-9-19(22)25-16(14)12-17(15)24-18;1-13-7-5-8-14(2)10-12-15(3,4)11-6-9-13/h3-10,12,18H,11H2,1-2H3;6-7,10-11H,5,8-9,12H2,1-4H3. The van der Waals surface area contributed by atoms with E-state index in [2.05, 4.69) is 52.0 Å². The second-order valence-corrected chi connectivity index (χ2v) is 12.4. The predicted molar refractivity (Wildman–Crippen MR) is 165 cm³/mol. The molecule has 0 saturated carbocycles. The molecule has 216 valence electrons. The quantitative estimate of drug-likeness (QED) is 0.184. The van der Waals surface area contributed by atoms with Gasteiger partial charge in [-0.25, -0.2) is 9.59 Å². The van der Waals surface area contributed by atoms with Crippen LogP contribution in [0.15, 0.2) is 99.3 Å². The fraction of sp³-hybridized carbons (Fsp3) is 0.389. The molecule has 0 bridgehead atoms. The molecule has 1 atom stereocenters. The van der Waals surface area contributed by atoms with Crippen LogP contribution >= 0.6 is 0 Å². The SMILES string of the molecule is CC(C)(OC(=O)c1ccccc1)C1Cc2cc3ccc(=O)oc3cc2O1.CC1=CCCC(C)=CCC(C)(C)C=CC1. The van der Waals surface area contributed by atoms with E-state index in [1.807, 2.05) is 26.0 Å². The van der Waals surface area contributed by atoms with Gasteiger partial charge in [0.25, 0.3) is 0 Å². The molecule has 1 aromatic heterocycles. The number of fused-ring (bicyclic) bond motifs is 2. The lowest BCUT2D eigenvalue weighted by molar-refractivity contribution is -0.0517. The van der Waals surface area contributed by atoms with E-state index in [4.69, 9.17) is 13.9 Å². The fourth-order valence-electron chi connectivity index (χ4n) is 4.93. The van der Waals surface area contributed by atoms with Gasteiger partial charge in [-0.1, -0.05) is 67.5 Å². The molecule has 0 N–H and O–H groups in total. The Morgan fingerprint density at radius 2 is 1.76 bits per heavy atom. The van der Waals surface area contributed by atoms with Crippen molar-refractivity contribution in [2.45, 2.75) is 85.4 Å². The third-order valence-electron chi connectivity index (χ3n) is 7.63. The Bertz CT molecular complexity index is 1520. The molecule has 2 aromatic carbocycles. The Morgan fingerprint density at radius 3 is 2.51 bits per heavy atom. The highest BCUT2D eigenvalue weighted by molar-refractivity contribution is 5.89. The van der Waals surface area contributed by atoms with Gasteiger partial charge in [0.2, 0.25) is 0 Å². The number of esters is 1. The molecular weight excluding hydrogens is 512 g/mol. The lowest BCUT2D eigenvalue weighted by atomic mass is 9.87. The molecule has 1 unspecified atom stereocenters. The number of allylic oxidation sites excluding steroid dienone is 6. The van der Waals surface area contributed by atoms with Gasteiger partial charge in [0.1, 0.15) is 23.0 Å². The number of hydrogen-bond acceptors (Lipinski definition) is 5. The first kappa shape index (κ1) is 30.1. The molecule has 2 heterocycles. The molecule has 2 aliphatic rings. The molecule has 41 heavy (non-hydrogen) atoms. The van der Waals surface area contributed by atoms with Gasteiger partial charge < -0.3 is 13.9 Å². The monoisotopic (exact) mass is 554 g/mol. The summed E-state index contributed by atoms with van der Waals surface area (Å²) in [6.45, 7) is 12.8. The van der Waals surface area contributed by atoms with E-state index in [0.29, 0.717) is 28.7 Å². The van der Waals surface area contributed by atoms with Crippen LogP contribution in [0.1, 0.15) is 83.1 Å². The van der Waals surface area contributed by atoms with Crippen molar-refractivity contribution >= 4 is 16.9 Å². The summed E-state index contributed by atoms with van der Waals surface area (Å²) in [4.78, 5) is 23.8. The highest BCUT2D eigenvalue weighted by Gasteiger charge is 2.40. The number of carbonyl (C=O) groups excluding carboxylic acids is 1. The van der Waals surface area contributed by atoms with Crippen molar-refractivity contribution < 1.29 is 18.7 Å². The number of hydrogen-bond donors (Lipinski definition) is 0. The first-order chi connectivity index (χ1) is 19.4. The zero-order valence-electron chi connectivity index (χ0n) is 25.2. The lowest BCUT2D eigenvalue weighted by Gasteiger charge is -2.30. The van der Waals surface area contributed by atoms with Crippen LogP contribution in [-0.2, 0) is 11.2 Å². The molecule has 0 spiro atoms. The number of rotatable bonds is 3. The van der Waals surface area contributed by atoms with E-state index < -0.39 is 11.2 Å². The van der Waals surface area contributed by atoms with E-state index in [1.165, 1.54) is 30.1 Å². The van der Waals surface area contributed by atoms with Crippen molar-refractivity contribution in [2.24, 2.45) is 5.41 Å². The summed E-state index contributed by atoms with van der Waals surface area (Å²) in [6, 6.07) is 15.7. The van der Waals surface area contributed by atoms with Gasteiger partial charge in [-0.2, -0.15) is 0 Å². The Balaban J connectivity index is 0.000000221. The van der Waals surface area contributed by atoms with Crippen LogP contribution in [0.2, 0.25) is 0 Å². The summed E-state index contributed by atoms with van der Waals surface area (Å²) >= 11 is 0. The third kappa shape index (κ3) is 8.32. The van der Waals surface area contributed by atoms with Crippen LogP contribution in [0.4, 0.5) is 0 Å². The maximum atomic E-state index is 12.4. The summed E-state index contributed by atoms with van der Waals surface area (Å²) in [5.74, 6) is 0.270. The Labute approximate surface area is 243 Å². The molecule has 5 heteroatoms. The summed E-state index contributed by atoms with van der Waals surface area (Å²) in [5.41, 5.74) is 4.10. The minimum absolute atomic E-state index is 0.311. The fourth-order valence-corrected chi connectivity index (χ4v) is 4.93. The van der Waals surface area contributed by atoms with Crippen LogP contribution in [-0.4, -0.2) is 17.7 Å². The van der Waals surface area contributed by atoms with E-state index in [-0.39, 0.29) is 12.1 Å². The van der Waals surface area contributed by atoms with E-state index in [0.717, 1.165) is 23.8 Å². The van der Waals surface area contributed by atoms with Crippen molar-refractivity contribution in [1.29, 1.82) is 0 Å². The number of ether oxygens (including phenoxy) is 2. The van der Waals surface area contributed by atoms with Gasteiger partial charge in [0, 0.05) is 23.9 Å². The molecule has 0 fully saturated rings. The third-order valence-corrected chi connectivity index (χ3v) is 7.63. The second kappa shape index (κ2) is 12.8. The highest BCUT2D eigenvalue weighted by Crippen LogP contribution is 2.37. The molecule has 5 rings (SSSR count). The van der Waals surface area contributed by atoms with Crippen molar-refractivity contribution in [3.63, 3.8) is 0 Å². The first-order valence-corrected chi connectivity index (χ1v) is 14.4. The first-order valence-electron chi connectivity index (χ1n) is 14.4. The smallest absolute Gasteiger partial charge is 0.338 e. The molecule has 1 aliphatic heterocycles. The summed E-state index contributed by atoms with van der Waals surface area (Å²) in [5, 5.41) is 0.840. The molecule has 0 saturated heterocycles. The number of benzene rings is 2. The summed E-state index contributed by atoms with van der Waals surface area (Å²) in [7, 11) is 0. The average molecular weight is 555 g/mol. The van der Waals surface area contributed by atoms with Crippen LogP contribution in [0.25, 0.3) is 11.0 Å². The molecule has 3 aromatic rings. The maximum absolute atomic E-state index is 12.4. The molecular formula is C36H42O5. The highest BCUT2D eigenvalue weighted by atomic mass is 16.6. The Kier molecular flexibility index (Phi) is 9.37. The van der Waals surface area contributed by atoms with Gasteiger partial charge in [0.15, 0.2) is 0 Å². The zero-order chi connectivity index (χ0) is 29.6. The summed E-state index contributed by atoms with van der Waals surface area (Å²) in [6.07, 6.45) is 14.4. The van der Waals surface area contributed by atoms with E-state index >= 15 is 0 Å². The van der Waals surface area contributed by atoms with Gasteiger partial charge in [-0.15, -0.1) is 0 Å². The molecule has 5 nitrogen and oxygen atoms in total. The van der Waals surface area contributed by atoms with Crippen molar-refractivity contribution in [3.8, 4) is 5.75 Å². The normalized spacial score (nSPS) is 18.5. The zero-order valence-corrected chi connectivity index (χ0v) is 25.2. The molecule has 0 radical (unpaired) electrons. The Morgan fingerprint density at radius 1 is 1.00 bits per heavy atom. The molecule has 0 amide bonds. The lowest BCUT2D eigenvalue weighted by Crippen LogP contribution is -2.43. The van der Waals surface area contributed by atoms with E-state index in [9.17, 15) is 9.59 Å². The van der Waals surface area contributed by atoms with Crippen molar-refractivity contribution in [3.05, 3.63) is 112 Å². The largest absolute Gasteiger partial charge is 0.485 e. The molecule has 1 aliphatic carbocycles. The maximum Gasteiger partial charge on any atom is 0.338 e. The van der Waals surface area contributed by atoms with Crippen LogP contribution < -0.4 is 10.4 Å². The van der Waals surface area contributed by atoms with Gasteiger partial charge in [-0.05, 0) is 88.6 Å². The topological polar surface area (TPSA) is 65.7 Å². The van der Waals surface area contributed by atoms with Gasteiger partial charge in [0.05, 0.1) is 5.56 Å². The van der Waals surface area contributed by atoms with Crippen LogP contribution in [0.5, 0.6) is 5.75 Å². The van der Waals surface area contributed by atoms with E-state index in [1.54, 1.807) is 36.4 Å². The van der Waals surface area contributed by atoms with Crippen LogP contribution in [0, 0.1) is 5.41 Å². The minimum atomic E-state index is -0.820. The number of carbonyl (C=O) groups is 1. The van der Waals surface area contributed by atoms with Crippen LogP contribution in [0.3, 0.4) is 0 Å². The van der Waals surface area contributed by atoms with Gasteiger partial charge in [-0.3, -0.25) is 0 Å². The Hall–Kier alpha value is -3.86. The minimum Gasteiger partial charge on any atom is -0.485 e. The van der Waals surface area contributed by atoms with Crippen molar-refractivity contribution in [2.75, 3.05) is 0 Å². The predicted octanol–water partition coefficient (Wildman–Crippen LogP) is 8.77. The second-order valence-electron chi connectivity index (χ2n) is 12.4. The van der Waals surface area contributed by atoms with Crippen molar-refractivity contribution in [1.82, 2.24) is 0 Å². The van der Waals surface area contributed by atoms with Gasteiger partial charge >= 0.3 is 11.6 Å².